The lowest BCUT2D eigenvalue weighted by Crippen LogP contribution is -2.10. The van der Waals surface area contributed by atoms with Gasteiger partial charge in [-0.15, -0.1) is 0 Å². The van der Waals surface area contributed by atoms with Crippen LogP contribution in [-0.2, 0) is 0 Å². The van der Waals surface area contributed by atoms with E-state index in [0.717, 1.165) is 44.6 Å². The van der Waals surface area contributed by atoms with Crippen LogP contribution in [0, 0.1) is 0 Å². The number of nitrogens with zero attached hydrogens (tertiary/aromatic N) is 1. The molecule has 0 fully saturated rings. The zero-order valence-corrected chi connectivity index (χ0v) is 21.8. The van der Waals surface area contributed by atoms with E-state index in [0.29, 0.717) is 0 Å². The smallest absolute Gasteiger partial charge is 0.137 e. The Hall–Kier alpha value is -5.34. The van der Waals surface area contributed by atoms with Crippen LogP contribution in [-0.4, -0.2) is 0 Å². The molecule has 0 N–H and O–H groups in total. The predicted octanol–water partition coefficient (Wildman–Crippen LogP) is 11.0. The molecule has 0 radical (unpaired) electrons. The first-order chi connectivity index (χ1) is 19.8. The van der Waals surface area contributed by atoms with E-state index in [1.54, 1.807) is 0 Å². The Morgan fingerprint density at radius 2 is 1.12 bits per heavy atom. The van der Waals surface area contributed by atoms with Gasteiger partial charge in [0.15, 0.2) is 0 Å². The number of rotatable bonds is 4. The van der Waals surface area contributed by atoms with Gasteiger partial charge >= 0.3 is 0 Å². The fraction of sp³-hybridized carbons (Fsp3) is 0. The highest BCUT2D eigenvalue weighted by atomic mass is 16.3. The van der Waals surface area contributed by atoms with E-state index >= 15 is 0 Å². The van der Waals surface area contributed by atoms with E-state index in [4.69, 9.17) is 4.42 Å². The van der Waals surface area contributed by atoms with Gasteiger partial charge in [0.2, 0.25) is 0 Å². The Morgan fingerprint density at radius 3 is 1.98 bits per heavy atom. The molecule has 0 unspecified atom stereocenters. The molecule has 40 heavy (non-hydrogen) atoms. The molecule has 7 aromatic carbocycles. The molecule has 0 spiro atoms. The summed E-state index contributed by atoms with van der Waals surface area (Å²) in [6.45, 7) is 0. The van der Waals surface area contributed by atoms with Crippen molar-refractivity contribution >= 4 is 60.5 Å². The molecule has 0 saturated heterocycles. The van der Waals surface area contributed by atoms with Crippen molar-refractivity contribution in [3.63, 3.8) is 0 Å². The molecular weight excluding hydrogens is 486 g/mol. The van der Waals surface area contributed by atoms with Gasteiger partial charge in [0.05, 0.1) is 11.1 Å². The third kappa shape index (κ3) is 3.65. The second-order valence-corrected chi connectivity index (χ2v) is 10.2. The summed E-state index contributed by atoms with van der Waals surface area (Å²) in [4.78, 5) is 2.35. The van der Waals surface area contributed by atoms with Gasteiger partial charge in [-0.3, -0.25) is 0 Å². The number of para-hydroxylation sites is 1. The molecule has 1 heterocycles. The maximum atomic E-state index is 6.48. The molecular formula is C38H25NO. The van der Waals surface area contributed by atoms with Gasteiger partial charge in [-0.1, -0.05) is 103 Å². The molecule has 2 heteroatoms. The first kappa shape index (κ1) is 22.6. The van der Waals surface area contributed by atoms with Crippen molar-refractivity contribution in [3.8, 4) is 11.1 Å². The van der Waals surface area contributed by atoms with E-state index in [1.165, 1.54) is 27.1 Å². The molecule has 0 aliphatic rings. The second kappa shape index (κ2) is 9.14. The Balaban J connectivity index is 1.38. The minimum atomic E-state index is 0.880. The highest BCUT2D eigenvalue weighted by Gasteiger charge is 2.20. The van der Waals surface area contributed by atoms with Crippen LogP contribution in [0.4, 0.5) is 17.1 Å². The summed E-state index contributed by atoms with van der Waals surface area (Å²) in [5, 5.41) is 7.20. The summed E-state index contributed by atoms with van der Waals surface area (Å²) in [6, 6.07) is 53.7. The van der Waals surface area contributed by atoms with Crippen LogP contribution < -0.4 is 4.90 Å². The standard InChI is InChI=1S/C38H25NO/c1-3-10-26(11-4-1)29-21-23-33-37(24-29)40-36-17-9-16-35(38(33)36)39(30-13-5-2-6-14-30)31-22-20-28-19-18-27-12-7-8-15-32(27)34(28)25-31/h1-25H. The molecule has 2 nitrogen and oxygen atoms in total. The first-order valence-electron chi connectivity index (χ1n) is 13.6. The summed E-state index contributed by atoms with van der Waals surface area (Å²) in [5.41, 5.74) is 7.40. The summed E-state index contributed by atoms with van der Waals surface area (Å²) >= 11 is 0. The van der Waals surface area contributed by atoms with Crippen molar-refractivity contribution in [1.82, 2.24) is 0 Å². The molecule has 0 bridgehead atoms. The molecule has 0 aliphatic carbocycles. The largest absolute Gasteiger partial charge is 0.456 e. The number of hydrogen-bond acceptors (Lipinski definition) is 2. The van der Waals surface area contributed by atoms with Gasteiger partial charge in [-0.05, 0) is 81.2 Å². The van der Waals surface area contributed by atoms with E-state index < -0.39 is 0 Å². The minimum absolute atomic E-state index is 0.880. The fourth-order valence-corrected chi connectivity index (χ4v) is 5.94. The lowest BCUT2D eigenvalue weighted by atomic mass is 10.0. The van der Waals surface area contributed by atoms with Crippen LogP contribution in [0.1, 0.15) is 0 Å². The second-order valence-electron chi connectivity index (χ2n) is 10.2. The van der Waals surface area contributed by atoms with Crippen molar-refractivity contribution in [1.29, 1.82) is 0 Å². The predicted molar refractivity (Wildman–Crippen MR) is 169 cm³/mol. The maximum Gasteiger partial charge on any atom is 0.137 e. The van der Waals surface area contributed by atoms with Gasteiger partial charge in [0.1, 0.15) is 11.2 Å². The van der Waals surface area contributed by atoms with Crippen molar-refractivity contribution < 1.29 is 4.42 Å². The van der Waals surface area contributed by atoms with Crippen LogP contribution in [0.3, 0.4) is 0 Å². The van der Waals surface area contributed by atoms with Crippen molar-refractivity contribution in [2.75, 3.05) is 4.90 Å². The summed E-state index contributed by atoms with van der Waals surface area (Å²) in [5.74, 6) is 0. The Labute approximate surface area is 232 Å². The number of anilines is 3. The Bertz CT molecular complexity index is 2160. The number of benzene rings is 7. The van der Waals surface area contributed by atoms with Crippen LogP contribution >= 0.6 is 0 Å². The minimum Gasteiger partial charge on any atom is -0.456 e. The van der Waals surface area contributed by atoms with Crippen LogP contribution in [0.5, 0.6) is 0 Å². The highest BCUT2D eigenvalue weighted by Crippen LogP contribution is 2.44. The zero-order valence-electron chi connectivity index (χ0n) is 21.8. The quantitative estimate of drug-likeness (QED) is 0.218. The van der Waals surface area contributed by atoms with Crippen LogP contribution in [0.15, 0.2) is 156 Å². The molecule has 1 aromatic heterocycles. The topological polar surface area (TPSA) is 16.4 Å². The average Bonchev–Trinajstić information content (AvgIpc) is 3.41. The lowest BCUT2D eigenvalue weighted by molar-refractivity contribution is 0.669. The molecule has 8 rings (SSSR count). The summed E-state index contributed by atoms with van der Waals surface area (Å²) < 4.78 is 6.48. The zero-order chi connectivity index (χ0) is 26.5. The maximum absolute atomic E-state index is 6.48. The highest BCUT2D eigenvalue weighted by molar-refractivity contribution is 6.15. The summed E-state index contributed by atoms with van der Waals surface area (Å²) in [7, 11) is 0. The van der Waals surface area contributed by atoms with Crippen molar-refractivity contribution in [3.05, 3.63) is 152 Å². The van der Waals surface area contributed by atoms with Crippen molar-refractivity contribution in [2.45, 2.75) is 0 Å². The summed E-state index contributed by atoms with van der Waals surface area (Å²) in [6.07, 6.45) is 0. The third-order valence-electron chi connectivity index (χ3n) is 7.83. The number of fused-ring (bicyclic) bond motifs is 6. The number of hydrogen-bond donors (Lipinski definition) is 0. The van der Waals surface area contributed by atoms with E-state index in [9.17, 15) is 0 Å². The van der Waals surface area contributed by atoms with E-state index in [2.05, 4.69) is 150 Å². The monoisotopic (exact) mass is 511 g/mol. The third-order valence-corrected chi connectivity index (χ3v) is 7.83. The fourth-order valence-electron chi connectivity index (χ4n) is 5.94. The Kier molecular flexibility index (Phi) is 5.17. The average molecular weight is 512 g/mol. The van der Waals surface area contributed by atoms with Gasteiger partial charge in [-0.25, -0.2) is 0 Å². The lowest BCUT2D eigenvalue weighted by Gasteiger charge is -2.26. The van der Waals surface area contributed by atoms with E-state index in [-0.39, 0.29) is 0 Å². The van der Waals surface area contributed by atoms with Crippen LogP contribution in [0.25, 0.3) is 54.6 Å². The van der Waals surface area contributed by atoms with E-state index in [1.807, 2.05) is 6.07 Å². The SMILES string of the molecule is c1ccc(-c2ccc3c(c2)oc2cccc(N(c4ccccc4)c4ccc5ccc6ccccc6c5c4)c23)cc1. The van der Waals surface area contributed by atoms with Gasteiger partial charge in [0, 0.05) is 16.8 Å². The molecule has 0 amide bonds. The molecule has 0 atom stereocenters. The van der Waals surface area contributed by atoms with Crippen molar-refractivity contribution in [2.24, 2.45) is 0 Å². The van der Waals surface area contributed by atoms with Gasteiger partial charge in [0.25, 0.3) is 0 Å². The molecule has 0 saturated carbocycles. The number of furan rings is 1. The molecule has 8 aromatic rings. The Morgan fingerprint density at radius 1 is 0.400 bits per heavy atom. The van der Waals surface area contributed by atoms with Crippen LogP contribution in [0.2, 0.25) is 0 Å². The van der Waals surface area contributed by atoms with Gasteiger partial charge in [-0.2, -0.15) is 0 Å². The normalized spacial score (nSPS) is 11.5. The molecule has 0 aliphatic heterocycles. The molecule has 188 valence electrons. The van der Waals surface area contributed by atoms with Gasteiger partial charge < -0.3 is 9.32 Å². The first-order valence-corrected chi connectivity index (χ1v) is 13.6.